The topological polar surface area (TPSA) is 63.7 Å². The van der Waals surface area contributed by atoms with Gasteiger partial charge in [-0.2, -0.15) is 4.31 Å². The number of hydrogen-bond donors (Lipinski definition) is 0. The van der Waals surface area contributed by atoms with E-state index in [0.717, 1.165) is 4.31 Å². The second-order valence-electron chi connectivity index (χ2n) is 2.95. The number of hydrogen-bond acceptors (Lipinski definition) is 4. The average molecular weight is 247 g/mol. The van der Waals surface area contributed by atoms with Crippen molar-refractivity contribution >= 4 is 16.0 Å². The van der Waals surface area contributed by atoms with Crippen LogP contribution in [0, 0.1) is 0 Å². The number of ether oxygens (including phenoxy) is 1. The fourth-order valence-corrected chi connectivity index (χ4v) is 2.17. The normalized spacial score (nSPS) is 11.1. The number of nitrogens with zero attached hydrogens (tertiary/aromatic N) is 1. The number of rotatable bonds is 8. The van der Waals surface area contributed by atoms with Gasteiger partial charge in [-0.25, -0.2) is 8.42 Å². The van der Waals surface area contributed by atoms with Gasteiger partial charge in [0.25, 0.3) is 0 Å². The summed E-state index contributed by atoms with van der Waals surface area (Å²) in [6, 6.07) is 0. The van der Waals surface area contributed by atoms with Gasteiger partial charge in [0, 0.05) is 6.54 Å². The first-order valence-corrected chi connectivity index (χ1v) is 6.44. The van der Waals surface area contributed by atoms with Gasteiger partial charge in [0.15, 0.2) is 0 Å². The van der Waals surface area contributed by atoms with Crippen molar-refractivity contribution in [1.82, 2.24) is 4.31 Å². The molecular formula is C10H17NO4S. The molecule has 0 heterocycles. The minimum atomic E-state index is -3.50. The number of carbonyl (C=O) groups excluding carboxylic acids is 1. The van der Waals surface area contributed by atoms with E-state index in [2.05, 4.69) is 17.9 Å². The zero-order chi connectivity index (χ0) is 12.6. The molecular weight excluding hydrogens is 230 g/mol. The van der Waals surface area contributed by atoms with E-state index in [1.165, 1.54) is 12.2 Å². The van der Waals surface area contributed by atoms with E-state index >= 15 is 0 Å². The Morgan fingerprint density at radius 3 is 2.44 bits per heavy atom. The van der Waals surface area contributed by atoms with Gasteiger partial charge >= 0.3 is 5.97 Å². The minimum Gasteiger partial charge on any atom is -0.465 e. The Balaban J connectivity index is 4.66. The van der Waals surface area contributed by atoms with Crippen LogP contribution in [-0.2, 0) is 19.6 Å². The Morgan fingerprint density at radius 2 is 2.00 bits per heavy atom. The predicted molar refractivity (Wildman–Crippen MR) is 62.4 cm³/mol. The molecule has 6 heteroatoms. The smallest absolute Gasteiger partial charge is 0.321 e. The Bertz CT molecular complexity index is 348. The van der Waals surface area contributed by atoms with Crippen molar-refractivity contribution in [3.05, 3.63) is 25.3 Å². The van der Waals surface area contributed by atoms with E-state index in [9.17, 15) is 13.2 Å². The van der Waals surface area contributed by atoms with Crippen molar-refractivity contribution < 1.29 is 17.9 Å². The average Bonchev–Trinajstić information content (AvgIpc) is 2.17. The molecule has 0 radical (unpaired) electrons. The molecule has 0 aromatic carbocycles. The largest absolute Gasteiger partial charge is 0.465 e. The van der Waals surface area contributed by atoms with Gasteiger partial charge in [-0.3, -0.25) is 4.79 Å². The molecule has 0 spiro atoms. The zero-order valence-corrected chi connectivity index (χ0v) is 10.2. The van der Waals surface area contributed by atoms with Crippen LogP contribution in [-0.4, -0.2) is 44.1 Å². The predicted octanol–water partition coefficient (Wildman–Crippen LogP) is 0.553. The second kappa shape index (κ2) is 7.19. The Labute approximate surface area is 96.4 Å². The van der Waals surface area contributed by atoms with Crippen LogP contribution < -0.4 is 0 Å². The third-order valence-electron chi connectivity index (χ3n) is 1.67. The second-order valence-corrected chi connectivity index (χ2v) is 4.97. The molecule has 0 fully saturated rings. The quantitative estimate of drug-likeness (QED) is 0.464. The van der Waals surface area contributed by atoms with Crippen molar-refractivity contribution in [3.8, 4) is 0 Å². The summed E-state index contributed by atoms with van der Waals surface area (Å²) in [6.45, 7) is 8.47. The lowest BCUT2D eigenvalue weighted by Gasteiger charge is -2.18. The Kier molecular flexibility index (Phi) is 6.67. The molecule has 0 atom stereocenters. The first-order chi connectivity index (χ1) is 7.47. The molecule has 16 heavy (non-hydrogen) atoms. The van der Waals surface area contributed by atoms with Crippen LogP contribution in [0.4, 0.5) is 0 Å². The van der Waals surface area contributed by atoms with Crippen molar-refractivity contribution in [3.63, 3.8) is 0 Å². The Hall–Kier alpha value is -1.14. The first-order valence-electron chi connectivity index (χ1n) is 4.83. The summed E-state index contributed by atoms with van der Waals surface area (Å²) in [5.41, 5.74) is 0. The summed E-state index contributed by atoms with van der Waals surface area (Å²) in [4.78, 5) is 11.2. The molecule has 0 N–H and O–H groups in total. The summed E-state index contributed by atoms with van der Waals surface area (Å²) in [7, 11) is -3.50. The molecule has 0 saturated carbocycles. The molecule has 0 aliphatic rings. The van der Waals surface area contributed by atoms with Crippen LogP contribution in [0.5, 0.6) is 0 Å². The van der Waals surface area contributed by atoms with Gasteiger partial charge in [0.1, 0.15) is 6.54 Å². The van der Waals surface area contributed by atoms with E-state index < -0.39 is 16.0 Å². The van der Waals surface area contributed by atoms with Gasteiger partial charge in [0.05, 0.1) is 12.4 Å². The van der Waals surface area contributed by atoms with Crippen LogP contribution in [0.15, 0.2) is 25.3 Å². The zero-order valence-electron chi connectivity index (χ0n) is 9.39. The minimum absolute atomic E-state index is 0.0784. The molecule has 0 amide bonds. The lowest BCUT2D eigenvalue weighted by atomic mass is 10.5. The van der Waals surface area contributed by atoms with Crippen LogP contribution in [0.25, 0.3) is 0 Å². The van der Waals surface area contributed by atoms with Gasteiger partial charge in [-0.1, -0.05) is 12.2 Å². The third kappa shape index (κ3) is 5.09. The van der Waals surface area contributed by atoms with E-state index in [1.54, 1.807) is 6.92 Å². The molecule has 0 unspecified atom stereocenters. The van der Waals surface area contributed by atoms with Crippen molar-refractivity contribution in [2.24, 2.45) is 0 Å². The summed E-state index contributed by atoms with van der Waals surface area (Å²) >= 11 is 0. The fourth-order valence-electron chi connectivity index (χ4n) is 1.03. The molecule has 0 aliphatic carbocycles. The lowest BCUT2D eigenvalue weighted by molar-refractivity contribution is -0.143. The molecule has 0 aromatic rings. The van der Waals surface area contributed by atoms with Crippen LogP contribution in [0.2, 0.25) is 0 Å². The molecule has 0 rings (SSSR count). The molecule has 5 nitrogen and oxygen atoms in total. The van der Waals surface area contributed by atoms with Crippen molar-refractivity contribution in [1.29, 1.82) is 0 Å². The highest BCUT2D eigenvalue weighted by molar-refractivity contribution is 7.89. The number of esters is 1. The number of sulfonamides is 1. The highest BCUT2D eigenvalue weighted by Crippen LogP contribution is 2.02. The summed E-state index contributed by atoms with van der Waals surface area (Å²) in [5.74, 6) is -0.780. The van der Waals surface area contributed by atoms with E-state index in [4.69, 9.17) is 0 Å². The maximum atomic E-state index is 11.7. The first kappa shape index (κ1) is 14.9. The van der Waals surface area contributed by atoms with Crippen molar-refractivity contribution in [2.75, 3.05) is 25.4 Å². The molecule has 0 aromatic heterocycles. The van der Waals surface area contributed by atoms with Gasteiger partial charge in [-0.05, 0) is 6.92 Å². The molecule has 0 bridgehead atoms. The summed E-state index contributed by atoms with van der Waals surface area (Å²) < 4.78 is 29.0. The highest BCUT2D eigenvalue weighted by Gasteiger charge is 2.22. The van der Waals surface area contributed by atoms with Gasteiger partial charge in [-0.15, -0.1) is 13.2 Å². The highest BCUT2D eigenvalue weighted by atomic mass is 32.2. The summed E-state index contributed by atoms with van der Waals surface area (Å²) in [6.07, 6.45) is 2.69. The Morgan fingerprint density at radius 1 is 1.38 bits per heavy atom. The molecule has 0 aliphatic heterocycles. The monoisotopic (exact) mass is 247 g/mol. The molecule has 92 valence electrons. The molecule has 0 saturated heterocycles. The SMILES string of the molecule is C=CCN(CC(=O)OCC)S(=O)(=O)CC=C. The third-order valence-corrected chi connectivity index (χ3v) is 3.39. The maximum absolute atomic E-state index is 11.7. The standard InChI is InChI=1S/C10H17NO4S/c1-4-7-11(9-10(12)15-6-3)16(13,14)8-5-2/h4-5H,1-2,6-9H2,3H3. The van der Waals surface area contributed by atoms with Gasteiger partial charge in [0.2, 0.25) is 10.0 Å². The fraction of sp³-hybridized carbons (Fsp3) is 0.500. The van der Waals surface area contributed by atoms with Crippen LogP contribution in [0.1, 0.15) is 6.92 Å². The van der Waals surface area contributed by atoms with E-state index in [-0.39, 0.29) is 25.4 Å². The lowest BCUT2D eigenvalue weighted by Crippen LogP contribution is -2.37. The summed E-state index contributed by atoms with van der Waals surface area (Å²) in [5, 5.41) is 0. The van der Waals surface area contributed by atoms with Crippen molar-refractivity contribution in [2.45, 2.75) is 6.92 Å². The van der Waals surface area contributed by atoms with Gasteiger partial charge < -0.3 is 4.74 Å². The van der Waals surface area contributed by atoms with Crippen LogP contribution in [0.3, 0.4) is 0 Å². The van der Waals surface area contributed by atoms with E-state index in [1.807, 2.05) is 0 Å². The maximum Gasteiger partial charge on any atom is 0.321 e. The number of carbonyl (C=O) groups is 1. The van der Waals surface area contributed by atoms with Crippen LogP contribution >= 0.6 is 0 Å². The van der Waals surface area contributed by atoms with E-state index in [0.29, 0.717) is 0 Å².